The highest BCUT2D eigenvalue weighted by Crippen LogP contribution is 2.32. The van der Waals surface area contributed by atoms with Gasteiger partial charge < -0.3 is 9.73 Å². The minimum atomic E-state index is 0.0861. The molecule has 0 aliphatic heterocycles. The molecule has 0 aromatic carbocycles. The predicted molar refractivity (Wildman–Crippen MR) is 79.3 cm³/mol. The number of aryl methyl sites for hydroxylation is 1. The lowest BCUT2D eigenvalue weighted by atomic mass is 10.0. The lowest BCUT2D eigenvalue weighted by molar-refractivity contribution is 0.468. The molecule has 0 bridgehead atoms. The van der Waals surface area contributed by atoms with Crippen LogP contribution in [0.2, 0.25) is 0 Å². The minimum Gasteiger partial charge on any atom is -0.469 e. The number of furan rings is 1. The minimum absolute atomic E-state index is 0.0861. The van der Waals surface area contributed by atoms with E-state index >= 15 is 0 Å². The van der Waals surface area contributed by atoms with Crippen molar-refractivity contribution >= 4 is 15.9 Å². The van der Waals surface area contributed by atoms with Crippen LogP contribution in [-0.4, -0.2) is 16.3 Å². The number of hydrogen-bond donors (Lipinski definition) is 1. The Morgan fingerprint density at radius 1 is 1.47 bits per heavy atom. The van der Waals surface area contributed by atoms with Gasteiger partial charge in [-0.3, -0.25) is 4.68 Å². The SMILES string of the molecule is CCNC(c1ccoc1C)c1c(Br)cnn1C(C)C. The molecule has 5 heteroatoms. The molecular formula is C14H20BrN3O. The van der Waals surface area contributed by atoms with E-state index in [2.05, 4.69) is 47.1 Å². The highest BCUT2D eigenvalue weighted by molar-refractivity contribution is 9.10. The van der Waals surface area contributed by atoms with Gasteiger partial charge >= 0.3 is 0 Å². The lowest BCUT2D eigenvalue weighted by Crippen LogP contribution is -2.26. The number of aromatic nitrogens is 2. The largest absolute Gasteiger partial charge is 0.469 e. The molecule has 1 unspecified atom stereocenters. The number of hydrogen-bond acceptors (Lipinski definition) is 3. The van der Waals surface area contributed by atoms with Crippen LogP contribution in [0.5, 0.6) is 0 Å². The Hall–Kier alpha value is -1.07. The Morgan fingerprint density at radius 2 is 2.21 bits per heavy atom. The molecule has 19 heavy (non-hydrogen) atoms. The number of nitrogens with one attached hydrogen (secondary N) is 1. The van der Waals surface area contributed by atoms with Gasteiger partial charge in [-0.1, -0.05) is 6.92 Å². The van der Waals surface area contributed by atoms with Gasteiger partial charge in [0.25, 0.3) is 0 Å². The molecule has 1 atom stereocenters. The van der Waals surface area contributed by atoms with Gasteiger partial charge in [-0.05, 0) is 49.3 Å². The summed E-state index contributed by atoms with van der Waals surface area (Å²) in [7, 11) is 0. The quantitative estimate of drug-likeness (QED) is 0.908. The molecule has 0 radical (unpaired) electrons. The Kier molecular flexibility index (Phi) is 4.47. The molecule has 0 fully saturated rings. The lowest BCUT2D eigenvalue weighted by Gasteiger charge is -2.21. The third kappa shape index (κ3) is 2.77. The monoisotopic (exact) mass is 325 g/mol. The third-order valence-corrected chi connectivity index (χ3v) is 3.78. The van der Waals surface area contributed by atoms with E-state index in [0.29, 0.717) is 6.04 Å². The third-order valence-electron chi connectivity index (χ3n) is 3.17. The van der Waals surface area contributed by atoms with Gasteiger partial charge in [0.05, 0.1) is 28.7 Å². The van der Waals surface area contributed by atoms with E-state index in [1.807, 2.05) is 23.9 Å². The number of halogens is 1. The summed E-state index contributed by atoms with van der Waals surface area (Å²) in [4.78, 5) is 0. The summed E-state index contributed by atoms with van der Waals surface area (Å²) in [6, 6.07) is 2.42. The van der Waals surface area contributed by atoms with Crippen molar-refractivity contribution < 1.29 is 4.42 Å². The van der Waals surface area contributed by atoms with E-state index in [4.69, 9.17) is 4.42 Å². The van der Waals surface area contributed by atoms with E-state index in [1.54, 1.807) is 6.26 Å². The molecule has 0 saturated carbocycles. The molecule has 1 N–H and O–H groups in total. The summed E-state index contributed by atoms with van der Waals surface area (Å²) in [5, 5.41) is 7.97. The molecule has 0 spiro atoms. The van der Waals surface area contributed by atoms with E-state index < -0.39 is 0 Å². The maximum Gasteiger partial charge on any atom is 0.105 e. The molecule has 2 heterocycles. The van der Waals surface area contributed by atoms with Crippen molar-refractivity contribution in [3.63, 3.8) is 0 Å². The van der Waals surface area contributed by atoms with Gasteiger partial charge in [0.15, 0.2) is 0 Å². The zero-order valence-electron chi connectivity index (χ0n) is 11.8. The van der Waals surface area contributed by atoms with Crippen LogP contribution in [0.1, 0.15) is 49.9 Å². The molecule has 0 saturated heterocycles. The van der Waals surface area contributed by atoms with Crippen molar-refractivity contribution in [2.45, 2.75) is 39.8 Å². The topological polar surface area (TPSA) is 43.0 Å². The number of rotatable bonds is 5. The van der Waals surface area contributed by atoms with E-state index in [0.717, 1.165) is 28.0 Å². The Bertz CT molecular complexity index is 545. The van der Waals surface area contributed by atoms with Crippen molar-refractivity contribution in [1.82, 2.24) is 15.1 Å². The fourth-order valence-corrected chi connectivity index (χ4v) is 2.79. The molecule has 0 amide bonds. The highest BCUT2D eigenvalue weighted by atomic mass is 79.9. The van der Waals surface area contributed by atoms with Crippen LogP contribution in [-0.2, 0) is 0 Å². The molecule has 2 aromatic rings. The molecular weight excluding hydrogens is 306 g/mol. The summed E-state index contributed by atoms with van der Waals surface area (Å²) in [5.74, 6) is 0.939. The molecule has 2 aromatic heterocycles. The van der Waals surface area contributed by atoms with Crippen molar-refractivity contribution in [3.05, 3.63) is 40.0 Å². The summed E-state index contributed by atoms with van der Waals surface area (Å²) in [6.07, 6.45) is 3.59. The van der Waals surface area contributed by atoms with Gasteiger partial charge in [0, 0.05) is 11.6 Å². The second-order valence-electron chi connectivity index (χ2n) is 4.84. The van der Waals surface area contributed by atoms with Gasteiger partial charge in [-0.15, -0.1) is 0 Å². The van der Waals surface area contributed by atoms with Crippen LogP contribution in [0, 0.1) is 6.92 Å². The molecule has 0 aliphatic carbocycles. The average molecular weight is 326 g/mol. The van der Waals surface area contributed by atoms with Crippen molar-refractivity contribution in [2.75, 3.05) is 6.54 Å². The smallest absolute Gasteiger partial charge is 0.105 e. The Labute approximate surface area is 122 Å². The number of nitrogens with zero attached hydrogens (tertiary/aromatic N) is 2. The highest BCUT2D eigenvalue weighted by Gasteiger charge is 2.24. The normalized spacial score (nSPS) is 13.2. The van der Waals surface area contributed by atoms with Crippen molar-refractivity contribution in [2.24, 2.45) is 0 Å². The van der Waals surface area contributed by atoms with Crippen LogP contribution in [0.15, 0.2) is 27.4 Å². The molecule has 104 valence electrons. The van der Waals surface area contributed by atoms with Crippen LogP contribution < -0.4 is 5.32 Å². The maximum atomic E-state index is 5.45. The van der Waals surface area contributed by atoms with Gasteiger partial charge in [0.1, 0.15) is 5.76 Å². The van der Waals surface area contributed by atoms with E-state index in [9.17, 15) is 0 Å². The summed E-state index contributed by atoms with van der Waals surface area (Å²) in [6.45, 7) is 9.24. The summed E-state index contributed by atoms with van der Waals surface area (Å²) < 4.78 is 8.51. The fraction of sp³-hybridized carbons (Fsp3) is 0.500. The second-order valence-corrected chi connectivity index (χ2v) is 5.69. The first-order valence-corrected chi connectivity index (χ1v) is 7.35. The fourth-order valence-electron chi connectivity index (χ4n) is 2.28. The van der Waals surface area contributed by atoms with Crippen molar-refractivity contribution in [1.29, 1.82) is 0 Å². The van der Waals surface area contributed by atoms with Crippen LogP contribution in [0.4, 0.5) is 0 Å². The summed E-state index contributed by atoms with van der Waals surface area (Å²) in [5.41, 5.74) is 2.30. The van der Waals surface area contributed by atoms with Gasteiger partial charge in [0.2, 0.25) is 0 Å². The first kappa shape index (κ1) is 14.3. The second kappa shape index (κ2) is 5.92. The first-order valence-electron chi connectivity index (χ1n) is 6.56. The first-order chi connectivity index (χ1) is 9.06. The predicted octanol–water partition coefficient (Wildman–Crippen LogP) is 3.83. The van der Waals surface area contributed by atoms with Crippen LogP contribution >= 0.6 is 15.9 Å². The molecule has 2 rings (SSSR count). The Balaban J connectivity index is 2.51. The van der Waals surface area contributed by atoms with Crippen LogP contribution in [0.3, 0.4) is 0 Å². The Morgan fingerprint density at radius 3 is 2.74 bits per heavy atom. The zero-order chi connectivity index (χ0) is 14.0. The van der Waals surface area contributed by atoms with E-state index in [-0.39, 0.29) is 6.04 Å². The molecule has 4 nitrogen and oxygen atoms in total. The standard InChI is InChI=1S/C14H20BrN3O/c1-5-16-13(11-6-7-19-10(11)4)14-12(15)8-17-18(14)9(2)3/h6-9,13,16H,5H2,1-4H3. The van der Waals surface area contributed by atoms with Gasteiger partial charge in [-0.2, -0.15) is 5.10 Å². The maximum absolute atomic E-state index is 5.45. The zero-order valence-corrected chi connectivity index (χ0v) is 13.4. The van der Waals surface area contributed by atoms with E-state index in [1.165, 1.54) is 0 Å². The van der Waals surface area contributed by atoms with Crippen molar-refractivity contribution in [3.8, 4) is 0 Å². The molecule has 0 aliphatic rings. The summed E-state index contributed by atoms with van der Waals surface area (Å²) >= 11 is 3.61. The van der Waals surface area contributed by atoms with Crippen LogP contribution in [0.25, 0.3) is 0 Å². The van der Waals surface area contributed by atoms with Gasteiger partial charge in [-0.25, -0.2) is 0 Å². The average Bonchev–Trinajstić information content (AvgIpc) is 2.93.